The topological polar surface area (TPSA) is 66.2 Å². The molecule has 34 heavy (non-hydrogen) atoms. The smallest absolute Gasteiger partial charge is 0.153 e. The van der Waals surface area contributed by atoms with Crippen LogP contribution in [-0.2, 0) is 12.8 Å². The normalized spacial score (nSPS) is 26.9. The fraction of sp³-hybridized carbons (Fsp3) is 0.769. The van der Waals surface area contributed by atoms with Gasteiger partial charge >= 0.3 is 0 Å². The van der Waals surface area contributed by atoms with Gasteiger partial charge in [-0.05, 0) is 79.6 Å². The van der Waals surface area contributed by atoms with Gasteiger partial charge in [0, 0.05) is 74.6 Å². The molecule has 0 aromatic carbocycles. The second-order valence-corrected chi connectivity index (χ2v) is 10.9. The Hall–Kier alpha value is -1.74. The van der Waals surface area contributed by atoms with Crippen LogP contribution in [0.3, 0.4) is 0 Å². The quantitative estimate of drug-likeness (QED) is 0.586. The number of nitrogens with one attached hydrogen (secondary N) is 2. The Morgan fingerprint density at radius 2 is 1.06 bits per heavy atom. The van der Waals surface area contributed by atoms with Gasteiger partial charge in [-0.1, -0.05) is 0 Å². The van der Waals surface area contributed by atoms with Crippen LogP contribution in [0.15, 0.2) is 12.1 Å². The highest BCUT2D eigenvalue weighted by molar-refractivity contribution is 5.16. The van der Waals surface area contributed by atoms with Crippen LogP contribution in [0.2, 0.25) is 0 Å². The van der Waals surface area contributed by atoms with Gasteiger partial charge in [0.1, 0.15) is 0 Å². The molecular weight excluding hydrogens is 424 g/mol. The minimum Gasteiger partial charge on any atom is -0.309 e. The molecule has 2 aliphatic heterocycles. The van der Waals surface area contributed by atoms with Crippen molar-refractivity contribution >= 4 is 0 Å². The van der Waals surface area contributed by atoms with Gasteiger partial charge in [-0.2, -0.15) is 0 Å². The van der Waals surface area contributed by atoms with Gasteiger partial charge in [0.15, 0.2) is 11.6 Å². The van der Waals surface area contributed by atoms with Gasteiger partial charge in [-0.15, -0.1) is 10.2 Å². The van der Waals surface area contributed by atoms with Crippen molar-refractivity contribution in [3.8, 4) is 0 Å². The molecule has 4 atom stereocenters. The number of hydrogen-bond acceptors (Lipinski definition) is 6. The average Bonchev–Trinajstić information content (AvgIpc) is 3.28. The number of hydrogen-bond donors (Lipinski definition) is 2. The monoisotopic (exact) mass is 470 g/mol. The molecule has 2 aromatic rings. The number of piperazine rings is 2. The first-order valence-electron chi connectivity index (χ1n) is 13.4. The van der Waals surface area contributed by atoms with E-state index in [4.69, 9.17) is 10.2 Å². The highest BCUT2D eigenvalue weighted by Crippen LogP contribution is 2.16. The lowest BCUT2D eigenvalue weighted by Gasteiger charge is -2.36. The van der Waals surface area contributed by atoms with Gasteiger partial charge in [0.05, 0.1) is 0 Å². The summed E-state index contributed by atoms with van der Waals surface area (Å²) in [6.07, 6.45) is 4.11. The highest BCUT2D eigenvalue weighted by Gasteiger charge is 2.23. The minimum absolute atomic E-state index is 0.561. The predicted molar refractivity (Wildman–Crippen MR) is 138 cm³/mol. The summed E-state index contributed by atoms with van der Waals surface area (Å²) in [4.78, 5) is 5.18. The third-order valence-corrected chi connectivity index (χ3v) is 7.22. The van der Waals surface area contributed by atoms with E-state index in [1.165, 1.54) is 11.4 Å². The van der Waals surface area contributed by atoms with E-state index in [0.717, 1.165) is 76.6 Å². The van der Waals surface area contributed by atoms with Gasteiger partial charge in [0.25, 0.3) is 0 Å². The van der Waals surface area contributed by atoms with E-state index in [-0.39, 0.29) is 0 Å². The van der Waals surface area contributed by atoms with Crippen molar-refractivity contribution in [3.05, 3.63) is 35.2 Å². The molecule has 2 aliphatic rings. The average molecular weight is 471 g/mol. The van der Waals surface area contributed by atoms with Crippen molar-refractivity contribution < 1.29 is 0 Å². The summed E-state index contributed by atoms with van der Waals surface area (Å²) in [6, 6.07) is 6.62. The first-order valence-corrected chi connectivity index (χ1v) is 13.4. The summed E-state index contributed by atoms with van der Waals surface area (Å²) in [5.74, 6) is 2.16. The molecule has 8 heteroatoms. The predicted octanol–water partition coefficient (Wildman–Crippen LogP) is 2.24. The van der Waals surface area contributed by atoms with Crippen LogP contribution >= 0.6 is 0 Å². The highest BCUT2D eigenvalue weighted by atomic mass is 15.5. The van der Waals surface area contributed by atoms with E-state index in [1.807, 2.05) is 0 Å². The van der Waals surface area contributed by atoms with E-state index in [9.17, 15) is 0 Å². The van der Waals surface area contributed by atoms with Crippen molar-refractivity contribution in [2.24, 2.45) is 0 Å². The van der Waals surface area contributed by atoms with Crippen molar-refractivity contribution in [3.63, 3.8) is 0 Å². The maximum atomic E-state index is 4.69. The van der Waals surface area contributed by atoms with E-state index in [0.29, 0.717) is 24.2 Å². The fourth-order valence-corrected chi connectivity index (χ4v) is 6.04. The van der Waals surface area contributed by atoms with E-state index in [2.05, 4.69) is 83.5 Å². The molecule has 0 saturated carbocycles. The lowest BCUT2D eigenvalue weighted by molar-refractivity contribution is 0.171. The van der Waals surface area contributed by atoms with E-state index >= 15 is 0 Å². The van der Waals surface area contributed by atoms with Gasteiger partial charge in [0.2, 0.25) is 0 Å². The Balaban J connectivity index is 1.41. The van der Waals surface area contributed by atoms with Crippen LogP contribution in [0.5, 0.6) is 0 Å². The van der Waals surface area contributed by atoms with Crippen molar-refractivity contribution in [2.45, 2.75) is 91.4 Å². The van der Waals surface area contributed by atoms with Gasteiger partial charge < -0.3 is 20.4 Å². The Kier molecular flexibility index (Phi) is 8.45. The third kappa shape index (κ3) is 6.27. The number of aryl methyl sites for hydroxylation is 4. The van der Waals surface area contributed by atoms with Crippen LogP contribution in [-0.4, -0.2) is 92.8 Å². The Bertz CT molecular complexity index is 829. The molecule has 0 spiro atoms. The van der Waals surface area contributed by atoms with E-state index in [1.54, 1.807) is 0 Å². The number of nitrogens with zero attached hydrogens (tertiary/aromatic N) is 6. The molecule has 2 aromatic heterocycles. The van der Waals surface area contributed by atoms with Crippen LogP contribution in [0.1, 0.15) is 63.6 Å². The lowest BCUT2D eigenvalue weighted by atomic mass is 10.1. The Labute approximate surface area is 206 Å². The summed E-state index contributed by atoms with van der Waals surface area (Å²) >= 11 is 0. The van der Waals surface area contributed by atoms with E-state index < -0.39 is 0 Å². The van der Waals surface area contributed by atoms with Crippen molar-refractivity contribution in [1.82, 2.24) is 40.0 Å². The van der Waals surface area contributed by atoms with Gasteiger partial charge in [-0.25, -0.2) is 4.68 Å². The zero-order valence-electron chi connectivity index (χ0n) is 22.2. The lowest BCUT2D eigenvalue weighted by Crippen LogP contribution is -2.54. The van der Waals surface area contributed by atoms with Crippen LogP contribution in [0, 0.1) is 13.8 Å². The second kappa shape index (κ2) is 11.3. The summed E-state index contributed by atoms with van der Waals surface area (Å²) in [6.45, 7) is 20.2. The molecule has 2 saturated heterocycles. The maximum Gasteiger partial charge on any atom is 0.153 e. The zero-order chi connectivity index (χ0) is 24.2. The summed E-state index contributed by atoms with van der Waals surface area (Å²) in [5.41, 5.74) is 2.46. The maximum absolute atomic E-state index is 4.69. The molecule has 0 amide bonds. The largest absolute Gasteiger partial charge is 0.309 e. The molecule has 4 rings (SSSR count). The van der Waals surface area contributed by atoms with Crippen molar-refractivity contribution in [2.75, 3.05) is 39.3 Å². The fourth-order valence-electron chi connectivity index (χ4n) is 6.04. The number of rotatable bonds is 9. The van der Waals surface area contributed by atoms with Crippen molar-refractivity contribution in [1.29, 1.82) is 0 Å². The third-order valence-electron chi connectivity index (χ3n) is 7.22. The van der Waals surface area contributed by atoms with Crippen LogP contribution in [0.25, 0.3) is 0 Å². The SMILES string of the molecule is Cc1ccc(C)n1-n1c(CCCN2CC(C)NC(C)C2)nnc1CCCN1CC(C)NC(C)C1. The molecule has 0 bridgehead atoms. The first-order chi connectivity index (χ1) is 16.3. The summed E-state index contributed by atoms with van der Waals surface area (Å²) < 4.78 is 4.60. The standard InChI is InChI=1S/C26H46N8/c1-19-15-31(16-20(2)27-19)13-7-9-25-29-30-26(34(25)33-23(5)11-12-24(33)6)10-8-14-32-17-21(3)28-22(4)18-32/h11-12,19-22,27-28H,7-10,13-18H2,1-6H3. The summed E-state index contributed by atoms with van der Waals surface area (Å²) in [7, 11) is 0. The molecule has 2 fully saturated rings. The molecule has 4 unspecified atom stereocenters. The second-order valence-electron chi connectivity index (χ2n) is 10.9. The molecule has 0 aliphatic carbocycles. The summed E-state index contributed by atoms with van der Waals surface area (Å²) in [5, 5.41) is 16.6. The molecule has 2 N–H and O–H groups in total. The zero-order valence-corrected chi connectivity index (χ0v) is 22.2. The number of aromatic nitrogens is 4. The molecular formula is C26H46N8. The molecule has 0 radical (unpaired) electrons. The molecule has 190 valence electrons. The molecule has 4 heterocycles. The van der Waals surface area contributed by atoms with Gasteiger partial charge in [-0.3, -0.25) is 4.68 Å². The minimum atomic E-state index is 0.561. The van der Waals surface area contributed by atoms with Crippen LogP contribution < -0.4 is 10.6 Å². The van der Waals surface area contributed by atoms with Crippen LogP contribution in [0.4, 0.5) is 0 Å². The first kappa shape index (κ1) is 25.4. The Morgan fingerprint density at radius 3 is 1.44 bits per heavy atom. The molecule has 8 nitrogen and oxygen atoms in total. The Morgan fingerprint density at radius 1 is 0.676 bits per heavy atom.